The van der Waals surface area contributed by atoms with E-state index in [1.54, 1.807) is 7.11 Å². The van der Waals surface area contributed by atoms with E-state index in [0.717, 1.165) is 17.9 Å². The predicted octanol–water partition coefficient (Wildman–Crippen LogP) is 2.82. The largest absolute Gasteiger partial charge is 0.496 e. The fourth-order valence-electron chi connectivity index (χ4n) is 2.78. The monoisotopic (exact) mass is 262 g/mol. The number of hydrogen-bond donors (Lipinski definition) is 2. The van der Waals surface area contributed by atoms with Crippen LogP contribution in [0, 0.1) is 5.41 Å². The zero-order valence-corrected chi connectivity index (χ0v) is 12.5. The van der Waals surface area contributed by atoms with E-state index < -0.39 is 0 Å². The maximum Gasteiger partial charge on any atom is 0.123 e. The highest BCUT2D eigenvalue weighted by Crippen LogP contribution is 2.54. The van der Waals surface area contributed by atoms with Crippen molar-refractivity contribution in [2.75, 3.05) is 20.7 Å². The number of ether oxygens (including phenoxy) is 1. The van der Waals surface area contributed by atoms with Gasteiger partial charge < -0.3 is 15.8 Å². The fourth-order valence-corrected chi connectivity index (χ4v) is 2.78. The Morgan fingerprint density at radius 2 is 2.05 bits per heavy atom. The summed E-state index contributed by atoms with van der Waals surface area (Å²) in [5, 5.41) is 3.27. The zero-order chi connectivity index (χ0) is 14.0. The van der Waals surface area contributed by atoms with Crippen LogP contribution in [0.25, 0.3) is 0 Å². The third kappa shape index (κ3) is 2.77. The minimum Gasteiger partial charge on any atom is -0.496 e. The maximum absolute atomic E-state index is 6.50. The van der Waals surface area contributed by atoms with Crippen LogP contribution in [-0.2, 0) is 0 Å². The number of hydrogen-bond acceptors (Lipinski definition) is 3. The van der Waals surface area contributed by atoms with Crippen LogP contribution in [0.4, 0.5) is 0 Å². The normalized spacial score (nSPS) is 18.4. The molecule has 3 heteroatoms. The van der Waals surface area contributed by atoms with Gasteiger partial charge >= 0.3 is 0 Å². The fraction of sp³-hybridized carbons (Fsp3) is 0.625. The summed E-state index contributed by atoms with van der Waals surface area (Å²) in [6, 6.07) is 6.51. The molecule has 19 heavy (non-hydrogen) atoms. The highest BCUT2D eigenvalue weighted by molar-refractivity contribution is 5.42. The maximum atomic E-state index is 6.50. The molecule has 0 amide bonds. The molecule has 0 bridgehead atoms. The number of rotatable bonds is 6. The molecule has 0 aromatic heterocycles. The van der Waals surface area contributed by atoms with E-state index in [-0.39, 0.29) is 11.5 Å². The Labute approximate surface area is 116 Å². The van der Waals surface area contributed by atoms with Gasteiger partial charge in [0.2, 0.25) is 0 Å². The van der Waals surface area contributed by atoms with Crippen LogP contribution in [0.3, 0.4) is 0 Å². The van der Waals surface area contributed by atoms with E-state index in [4.69, 9.17) is 10.5 Å². The van der Waals surface area contributed by atoms with Gasteiger partial charge in [-0.05, 0) is 37.4 Å². The molecule has 0 aliphatic heterocycles. The van der Waals surface area contributed by atoms with Crippen molar-refractivity contribution in [3.63, 3.8) is 0 Å². The van der Waals surface area contributed by atoms with Crippen LogP contribution >= 0.6 is 0 Å². The second-order valence-corrected chi connectivity index (χ2v) is 6.03. The summed E-state index contributed by atoms with van der Waals surface area (Å²) in [6.07, 6.45) is 2.40. The van der Waals surface area contributed by atoms with Gasteiger partial charge in [0.1, 0.15) is 5.75 Å². The quantitative estimate of drug-likeness (QED) is 0.828. The smallest absolute Gasteiger partial charge is 0.123 e. The lowest BCUT2D eigenvalue weighted by atomic mass is 9.88. The van der Waals surface area contributed by atoms with Crippen LogP contribution < -0.4 is 15.8 Å². The molecule has 1 aliphatic rings. The Morgan fingerprint density at radius 3 is 2.53 bits per heavy atom. The van der Waals surface area contributed by atoms with Crippen molar-refractivity contribution < 1.29 is 4.74 Å². The highest BCUT2D eigenvalue weighted by atomic mass is 16.5. The lowest BCUT2D eigenvalue weighted by Gasteiger charge is -2.25. The number of nitrogens with one attached hydrogen (secondary N) is 1. The van der Waals surface area contributed by atoms with E-state index in [2.05, 4.69) is 37.4 Å². The zero-order valence-electron chi connectivity index (χ0n) is 12.5. The average molecular weight is 262 g/mol. The molecule has 3 N–H and O–H groups in total. The molecular weight excluding hydrogens is 236 g/mol. The van der Waals surface area contributed by atoms with Gasteiger partial charge in [-0.2, -0.15) is 0 Å². The SMILES string of the molecule is CNCC1(C(N)c2ccc(C(C)C)cc2OC)CC1. The van der Waals surface area contributed by atoms with Gasteiger partial charge in [-0.15, -0.1) is 0 Å². The average Bonchev–Trinajstić information content (AvgIpc) is 3.18. The van der Waals surface area contributed by atoms with E-state index >= 15 is 0 Å². The number of nitrogens with two attached hydrogens (primary N) is 1. The van der Waals surface area contributed by atoms with Gasteiger partial charge in [0, 0.05) is 23.6 Å². The first-order valence-corrected chi connectivity index (χ1v) is 7.12. The summed E-state index contributed by atoms with van der Waals surface area (Å²) < 4.78 is 5.56. The molecule has 0 saturated heterocycles. The molecule has 2 rings (SSSR count). The van der Waals surface area contributed by atoms with Crippen LogP contribution in [0.2, 0.25) is 0 Å². The van der Waals surface area contributed by atoms with Gasteiger partial charge in [-0.25, -0.2) is 0 Å². The van der Waals surface area contributed by atoms with E-state index in [0.29, 0.717) is 5.92 Å². The minimum atomic E-state index is 0.0520. The van der Waals surface area contributed by atoms with E-state index in [1.165, 1.54) is 18.4 Å². The second kappa shape index (κ2) is 5.51. The Hall–Kier alpha value is -1.06. The van der Waals surface area contributed by atoms with Crippen molar-refractivity contribution in [1.29, 1.82) is 0 Å². The molecule has 1 aromatic rings. The van der Waals surface area contributed by atoms with Gasteiger partial charge in [0.05, 0.1) is 7.11 Å². The molecule has 1 saturated carbocycles. The molecular formula is C16H26N2O. The second-order valence-electron chi connectivity index (χ2n) is 6.03. The molecule has 1 unspecified atom stereocenters. The molecule has 1 aliphatic carbocycles. The molecule has 106 valence electrons. The van der Waals surface area contributed by atoms with Crippen molar-refractivity contribution in [2.24, 2.45) is 11.1 Å². The van der Waals surface area contributed by atoms with Crippen molar-refractivity contribution in [3.8, 4) is 5.75 Å². The first-order valence-electron chi connectivity index (χ1n) is 7.12. The standard InChI is InChI=1S/C16H26N2O/c1-11(2)12-5-6-13(14(9-12)19-4)15(17)16(7-8-16)10-18-3/h5-6,9,11,15,18H,7-8,10,17H2,1-4H3. The molecule has 0 radical (unpaired) electrons. The van der Waals surface area contributed by atoms with Crippen molar-refractivity contribution >= 4 is 0 Å². The molecule has 0 spiro atoms. The van der Waals surface area contributed by atoms with E-state index in [1.807, 2.05) is 7.05 Å². The Morgan fingerprint density at radius 1 is 1.37 bits per heavy atom. The third-order valence-electron chi connectivity index (χ3n) is 4.34. The topological polar surface area (TPSA) is 47.3 Å². The third-order valence-corrected chi connectivity index (χ3v) is 4.34. The van der Waals surface area contributed by atoms with E-state index in [9.17, 15) is 0 Å². The van der Waals surface area contributed by atoms with Gasteiger partial charge in [0.25, 0.3) is 0 Å². The van der Waals surface area contributed by atoms with Crippen molar-refractivity contribution in [1.82, 2.24) is 5.32 Å². The van der Waals surface area contributed by atoms with Crippen LogP contribution in [0.15, 0.2) is 18.2 Å². The first kappa shape index (κ1) is 14.4. The lowest BCUT2D eigenvalue weighted by molar-refractivity contribution is 0.363. The van der Waals surface area contributed by atoms with Crippen LogP contribution in [-0.4, -0.2) is 20.7 Å². The van der Waals surface area contributed by atoms with Gasteiger partial charge in [0.15, 0.2) is 0 Å². The Bertz CT molecular complexity index is 438. The van der Waals surface area contributed by atoms with Crippen LogP contribution in [0.5, 0.6) is 5.75 Å². The molecule has 1 aromatic carbocycles. The number of benzene rings is 1. The summed E-state index contributed by atoms with van der Waals surface area (Å²) in [4.78, 5) is 0. The number of methoxy groups -OCH3 is 1. The Kier molecular flexibility index (Phi) is 4.16. The van der Waals surface area contributed by atoms with Gasteiger partial charge in [-0.1, -0.05) is 26.0 Å². The molecule has 1 atom stereocenters. The Balaban J connectivity index is 2.29. The summed E-state index contributed by atoms with van der Waals surface area (Å²) in [5.74, 6) is 1.44. The summed E-state index contributed by atoms with van der Waals surface area (Å²) in [5.41, 5.74) is 9.16. The lowest BCUT2D eigenvalue weighted by Crippen LogP contribution is -2.31. The summed E-state index contributed by atoms with van der Waals surface area (Å²) >= 11 is 0. The van der Waals surface area contributed by atoms with Crippen molar-refractivity contribution in [3.05, 3.63) is 29.3 Å². The molecule has 0 heterocycles. The minimum absolute atomic E-state index is 0.0520. The predicted molar refractivity (Wildman–Crippen MR) is 79.6 cm³/mol. The molecule has 1 fully saturated rings. The first-order chi connectivity index (χ1) is 9.04. The summed E-state index contributed by atoms with van der Waals surface area (Å²) in [6.45, 7) is 5.36. The van der Waals surface area contributed by atoms with Crippen molar-refractivity contribution in [2.45, 2.75) is 38.6 Å². The highest BCUT2D eigenvalue weighted by Gasteiger charge is 2.48. The van der Waals surface area contributed by atoms with Crippen LogP contribution in [0.1, 0.15) is 49.8 Å². The summed E-state index contributed by atoms with van der Waals surface area (Å²) in [7, 11) is 3.72. The van der Waals surface area contributed by atoms with Gasteiger partial charge in [-0.3, -0.25) is 0 Å². The molecule has 3 nitrogen and oxygen atoms in total.